The SMILES string of the molecule is CC(C)(C)CCC1(N)C(=O)C(C2=NS(=O)(=O)c3cc(NS(C)(=O)=O)ccc3N2)=C(O)c2ccccc21.Cl. The van der Waals surface area contributed by atoms with Crippen LogP contribution in [0.1, 0.15) is 44.7 Å². The van der Waals surface area contributed by atoms with Gasteiger partial charge in [-0.25, -0.2) is 8.42 Å². The molecule has 1 aliphatic heterocycles. The zero-order valence-corrected chi connectivity index (χ0v) is 23.1. The second-order valence-electron chi connectivity index (χ2n) is 10.3. The van der Waals surface area contributed by atoms with Crippen LogP contribution in [0.3, 0.4) is 0 Å². The Bertz CT molecular complexity index is 1560. The quantitative estimate of drug-likeness (QED) is 0.424. The Labute approximate surface area is 222 Å². The average Bonchev–Trinajstić information content (AvgIpc) is 2.75. The van der Waals surface area contributed by atoms with Crippen LogP contribution in [0.15, 0.2) is 57.3 Å². The van der Waals surface area contributed by atoms with Gasteiger partial charge < -0.3 is 16.2 Å². The molecule has 4 rings (SSSR count). The van der Waals surface area contributed by atoms with Gasteiger partial charge in [-0.2, -0.15) is 8.42 Å². The maximum Gasteiger partial charge on any atom is 0.286 e. The van der Waals surface area contributed by atoms with Gasteiger partial charge >= 0.3 is 0 Å². The number of anilines is 2. The van der Waals surface area contributed by atoms with Crippen molar-refractivity contribution in [3.8, 4) is 0 Å². The molecule has 0 aromatic heterocycles. The van der Waals surface area contributed by atoms with E-state index in [1.165, 1.54) is 12.1 Å². The molecule has 10 nitrogen and oxygen atoms in total. The summed E-state index contributed by atoms with van der Waals surface area (Å²) in [6, 6.07) is 10.6. The van der Waals surface area contributed by atoms with E-state index in [-0.39, 0.29) is 51.9 Å². The van der Waals surface area contributed by atoms with Crippen molar-refractivity contribution in [2.75, 3.05) is 16.3 Å². The summed E-state index contributed by atoms with van der Waals surface area (Å²) in [5, 5.41) is 13.9. The molecule has 13 heteroatoms. The number of hydrogen-bond acceptors (Lipinski definition) is 8. The first-order valence-corrected chi connectivity index (χ1v) is 14.5. The summed E-state index contributed by atoms with van der Waals surface area (Å²) < 4.78 is 55.2. The van der Waals surface area contributed by atoms with Gasteiger partial charge in [-0.1, -0.05) is 45.0 Å². The molecule has 0 radical (unpaired) electrons. The summed E-state index contributed by atoms with van der Waals surface area (Å²) in [6.07, 6.45) is 1.80. The summed E-state index contributed by atoms with van der Waals surface area (Å²) in [5.41, 5.74) is 5.65. The lowest BCUT2D eigenvalue weighted by atomic mass is 9.70. The van der Waals surface area contributed by atoms with E-state index < -0.39 is 37.1 Å². The third-order valence-corrected chi connectivity index (χ3v) is 7.99. The number of carbonyl (C=O) groups excluding carboxylic acids is 1. The average molecular weight is 569 g/mol. The number of carbonyl (C=O) groups is 1. The number of nitrogens with zero attached hydrogens (tertiary/aromatic N) is 1. The molecular weight excluding hydrogens is 540 g/mol. The third-order valence-electron chi connectivity index (χ3n) is 6.07. The highest BCUT2D eigenvalue weighted by molar-refractivity contribution is 7.92. The number of rotatable bonds is 5. The topological polar surface area (TPSA) is 168 Å². The van der Waals surface area contributed by atoms with Gasteiger partial charge in [0.2, 0.25) is 10.0 Å². The molecule has 1 atom stereocenters. The van der Waals surface area contributed by atoms with Gasteiger partial charge in [0.1, 0.15) is 21.8 Å². The molecule has 0 saturated heterocycles. The number of nitrogens with two attached hydrogens (primary N) is 1. The molecule has 37 heavy (non-hydrogen) atoms. The number of nitrogens with one attached hydrogen (secondary N) is 2. The summed E-state index contributed by atoms with van der Waals surface area (Å²) in [5.74, 6) is -1.43. The first-order chi connectivity index (χ1) is 16.5. The van der Waals surface area contributed by atoms with Gasteiger partial charge in [0.15, 0.2) is 11.6 Å². The minimum Gasteiger partial charge on any atom is -0.506 e. The highest BCUT2D eigenvalue weighted by Gasteiger charge is 2.47. The zero-order chi connectivity index (χ0) is 26.7. The van der Waals surface area contributed by atoms with Crippen LogP contribution >= 0.6 is 12.4 Å². The Kier molecular flexibility index (Phi) is 7.30. The van der Waals surface area contributed by atoms with E-state index in [4.69, 9.17) is 5.73 Å². The Morgan fingerprint density at radius 2 is 1.81 bits per heavy atom. The lowest BCUT2D eigenvalue weighted by molar-refractivity contribution is -0.121. The number of halogens is 1. The van der Waals surface area contributed by atoms with Crippen molar-refractivity contribution in [1.29, 1.82) is 0 Å². The Hall–Kier alpha value is -2.93. The largest absolute Gasteiger partial charge is 0.506 e. The highest BCUT2D eigenvalue weighted by atomic mass is 35.5. The van der Waals surface area contributed by atoms with Gasteiger partial charge in [-0.15, -0.1) is 16.8 Å². The van der Waals surface area contributed by atoms with Crippen molar-refractivity contribution in [1.82, 2.24) is 0 Å². The predicted molar refractivity (Wildman–Crippen MR) is 146 cm³/mol. The maximum atomic E-state index is 13.8. The maximum absolute atomic E-state index is 13.8. The second-order valence-corrected chi connectivity index (χ2v) is 13.6. The molecule has 0 bridgehead atoms. The number of amidine groups is 1. The van der Waals surface area contributed by atoms with Crippen LogP contribution in [0.25, 0.3) is 5.76 Å². The van der Waals surface area contributed by atoms with Gasteiger partial charge in [0.25, 0.3) is 10.0 Å². The second kappa shape index (κ2) is 9.43. The molecule has 5 N–H and O–H groups in total. The van der Waals surface area contributed by atoms with Crippen LogP contribution in [0.5, 0.6) is 0 Å². The molecule has 1 aliphatic carbocycles. The number of benzene rings is 2. The first kappa shape index (κ1) is 28.6. The standard InChI is InChI=1S/C24H28N4O6S2.ClH/c1-23(2,3)11-12-24(25)16-8-6-5-7-15(16)20(29)19(21(24)30)22-26-17-10-9-14(27-35(4,31)32)13-18(17)36(33,34)28-22;/h5-10,13,27,29H,11-12,25H2,1-4H3,(H,26,28);1H. The van der Waals surface area contributed by atoms with E-state index in [1.54, 1.807) is 24.3 Å². The molecule has 1 heterocycles. The van der Waals surface area contributed by atoms with Crippen molar-refractivity contribution in [3.63, 3.8) is 0 Å². The first-order valence-electron chi connectivity index (χ1n) is 11.1. The van der Waals surface area contributed by atoms with E-state index >= 15 is 0 Å². The van der Waals surface area contributed by atoms with Crippen molar-refractivity contribution in [3.05, 3.63) is 59.2 Å². The van der Waals surface area contributed by atoms with E-state index in [0.717, 1.165) is 12.3 Å². The van der Waals surface area contributed by atoms with E-state index in [0.29, 0.717) is 17.5 Å². The fraction of sp³-hybridized carbons (Fsp3) is 0.333. The lowest BCUT2D eigenvalue weighted by Gasteiger charge is -2.37. The Balaban J connectivity index is 0.00000380. The summed E-state index contributed by atoms with van der Waals surface area (Å²) in [7, 11) is -8.00. The van der Waals surface area contributed by atoms with Crippen molar-refractivity contribution < 1.29 is 26.7 Å². The zero-order valence-electron chi connectivity index (χ0n) is 20.7. The number of Topliss-reactive ketones (excluding diaryl/α,β-unsaturated/α-hetero) is 1. The molecule has 200 valence electrons. The van der Waals surface area contributed by atoms with Gasteiger partial charge in [0, 0.05) is 11.3 Å². The van der Waals surface area contributed by atoms with E-state index in [2.05, 4.69) is 14.4 Å². The highest BCUT2D eigenvalue weighted by Crippen LogP contribution is 2.42. The molecule has 2 aromatic rings. The van der Waals surface area contributed by atoms with Crippen LogP contribution < -0.4 is 15.8 Å². The molecule has 0 saturated carbocycles. The van der Waals surface area contributed by atoms with Crippen LogP contribution in [0.4, 0.5) is 11.4 Å². The summed E-state index contributed by atoms with van der Waals surface area (Å²) in [6.45, 7) is 6.06. The van der Waals surface area contributed by atoms with Crippen LogP contribution in [0, 0.1) is 5.41 Å². The van der Waals surface area contributed by atoms with Gasteiger partial charge in [-0.3, -0.25) is 9.52 Å². The molecule has 2 aromatic carbocycles. The van der Waals surface area contributed by atoms with E-state index in [9.17, 15) is 26.7 Å². The number of fused-ring (bicyclic) bond motifs is 2. The molecule has 0 spiro atoms. The van der Waals surface area contributed by atoms with Crippen LogP contribution in [0.2, 0.25) is 0 Å². The lowest BCUT2D eigenvalue weighted by Crippen LogP contribution is -2.51. The number of sulfonamides is 2. The molecule has 2 aliphatic rings. The smallest absolute Gasteiger partial charge is 0.286 e. The number of aliphatic hydroxyl groups excluding tert-OH is 1. The fourth-order valence-corrected chi connectivity index (χ4v) is 5.95. The van der Waals surface area contributed by atoms with Gasteiger partial charge in [-0.05, 0) is 42.0 Å². The van der Waals surface area contributed by atoms with Crippen LogP contribution in [-0.4, -0.2) is 39.8 Å². The van der Waals surface area contributed by atoms with Gasteiger partial charge in [0.05, 0.1) is 11.9 Å². The molecular formula is C24H29ClN4O6S2. The Morgan fingerprint density at radius 3 is 2.43 bits per heavy atom. The van der Waals surface area contributed by atoms with Crippen molar-refractivity contribution >= 4 is 61.2 Å². The normalized spacial score (nSPS) is 20.7. The third kappa shape index (κ3) is 5.52. The number of aliphatic hydroxyl groups is 1. The van der Waals surface area contributed by atoms with Crippen LogP contribution in [-0.2, 0) is 30.4 Å². The molecule has 0 amide bonds. The number of ketones is 1. The predicted octanol–water partition coefficient (Wildman–Crippen LogP) is 3.52. The summed E-state index contributed by atoms with van der Waals surface area (Å²) >= 11 is 0. The van der Waals surface area contributed by atoms with Crippen molar-refractivity contribution in [2.45, 2.75) is 44.0 Å². The number of hydrogen-bond donors (Lipinski definition) is 4. The fourth-order valence-electron chi connectivity index (χ4n) is 4.25. The minimum absolute atomic E-state index is 0. The van der Waals surface area contributed by atoms with E-state index in [1.807, 2.05) is 20.8 Å². The van der Waals surface area contributed by atoms with Crippen molar-refractivity contribution in [2.24, 2.45) is 15.5 Å². The monoisotopic (exact) mass is 568 g/mol. The minimum atomic E-state index is -4.36. The summed E-state index contributed by atoms with van der Waals surface area (Å²) in [4.78, 5) is 13.6. The molecule has 0 fully saturated rings. The molecule has 1 unspecified atom stereocenters. The Morgan fingerprint density at radius 1 is 1.16 bits per heavy atom.